The van der Waals surface area contributed by atoms with E-state index in [1.807, 2.05) is 25.7 Å². The molecule has 0 unspecified atom stereocenters. The summed E-state index contributed by atoms with van der Waals surface area (Å²) in [4.78, 5) is 28.1. The van der Waals surface area contributed by atoms with Crippen molar-refractivity contribution in [2.45, 2.75) is 38.9 Å². The quantitative estimate of drug-likeness (QED) is 0.848. The molecule has 0 aliphatic carbocycles. The molecular formula is C19H26F3N3O2. The molecule has 0 radical (unpaired) electrons. The molecule has 2 amide bonds. The van der Waals surface area contributed by atoms with Gasteiger partial charge in [-0.1, -0.05) is 6.92 Å². The molecule has 0 spiro atoms. The lowest BCUT2D eigenvalue weighted by molar-refractivity contribution is -0.137. The number of benzene rings is 1. The van der Waals surface area contributed by atoms with E-state index in [0.717, 1.165) is 18.6 Å². The van der Waals surface area contributed by atoms with Gasteiger partial charge >= 0.3 is 6.18 Å². The zero-order valence-corrected chi connectivity index (χ0v) is 15.9. The highest BCUT2D eigenvalue weighted by molar-refractivity contribution is 5.94. The molecule has 8 heteroatoms. The number of rotatable bonds is 5. The fourth-order valence-corrected chi connectivity index (χ4v) is 2.80. The first-order valence-electron chi connectivity index (χ1n) is 9.02. The van der Waals surface area contributed by atoms with E-state index in [2.05, 4.69) is 5.32 Å². The minimum Gasteiger partial charge on any atom is -0.350 e. The first kappa shape index (κ1) is 21.2. The minimum atomic E-state index is -4.42. The molecule has 0 bridgehead atoms. The highest BCUT2D eigenvalue weighted by atomic mass is 19.4. The number of nitrogens with one attached hydrogen (secondary N) is 1. The van der Waals surface area contributed by atoms with Gasteiger partial charge in [0.05, 0.1) is 12.1 Å². The van der Waals surface area contributed by atoms with Crippen molar-refractivity contribution >= 4 is 11.8 Å². The van der Waals surface area contributed by atoms with E-state index >= 15 is 0 Å². The van der Waals surface area contributed by atoms with Gasteiger partial charge in [-0.15, -0.1) is 0 Å². The van der Waals surface area contributed by atoms with Gasteiger partial charge in [-0.25, -0.2) is 0 Å². The molecule has 1 aliphatic rings. The molecule has 1 fully saturated rings. The molecule has 0 saturated carbocycles. The Bertz CT molecular complexity index is 664. The highest BCUT2D eigenvalue weighted by Gasteiger charge is 2.31. The van der Waals surface area contributed by atoms with Crippen molar-refractivity contribution in [1.82, 2.24) is 15.1 Å². The SMILES string of the molecule is CCC(C)(C)NC(=O)CN1CCN(C(=O)c2ccc(C(F)(F)F)cc2)CC1. The van der Waals surface area contributed by atoms with Crippen molar-refractivity contribution in [3.8, 4) is 0 Å². The molecule has 27 heavy (non-hydrogen) atoms. The van der Waals surface area contributed by atoms with E-state index in [4.69, 9.17) is 0 Å². The van der Waals surface area contributed by atoms with Crippen LogP contribution in [0.4, 0.5) is 13.2 Å². The van der Waals surface area contributed by atoms with Crippen LogP contribution in [0.2, 0.25) is 0 Å². The highest BCUT2D eigenvalue weighted by Crippen LogP contribution is 2.29. The molecule has 1 aliphatic heterocycles. The summed E-state index contributed by atoms with van der Waals surface area (Å²) in [5.41, 5.74) is -0.791. The fraction of sp³-hybridized carbons (Fsp3) is 0.579. The van der Waals surface area contributed by atoms with Crippen LogP contribution in [0.5, 0.6) is 0 Å². The normalized spacial score (nSPS) is 16.3. The van der Waals surface area contributed by atoms with E-state index in [1.54, 1.807) is 4.90 Å². The zero-order valence-electron chi connectivity index (χ0n) is 15.9. The number of nitrogens with zero attached hydrogens (tertiary/aromatic N) is 2. The van der Waals surface area contributed by atoms with Gasteiger partial charge in [0.1, 0.15) is 0 Å². The predicted molar refractivity (Wildman–Crippen MR) is 96.3 cm³/mol. The minimum absolute atomic E-state index is 0.0515. The van der Waals surface area contributed by atoms with Crippen molar-refractivity contribution in [2.24, 2.45) is 0 Å². The summed E-state index contributed by atoms with van der Waals surface area (Å²) in [5.74, 6) is -0.343. The predicted octanol–water partition coefficient (Wildman–Crippen LogP) is 2.77. The van der Waals surface area contributed by atoms with E-state index in [9.17, 15) is 22.8 Å². The Morgan fingerprint density at radius 2 is 1.59 bits per heavy atom. The molecule has 0 aromatic heterocycles. The third-order valence-electron chi connectivity index (χ3n) is 4.85. The van der Waals surface area contributed by atoms with Crippen LogP contribution in [0.3, 0.4) is 0 Å². The molecule has 0 atom stereocenters. The van der Waals surface area contributed by atoms with Crippen LogP contribution in [0, 0.1) is 0 Å². The molecule has 1 saturated heterocycles. The van der Waals surface area contributed by atoms with Gasteiger partial charge in [0.2, 0.25) is 5.91 Å². The van der Waals surface area contributed by atoms with Gasteiger partial charge in [-0.2, -0.15) is 13.2 Å². The Labute approximate surface area is 157 Å². The molecule has 1 N–H and O–H groups in total. The number of hydrogen-bond acceptors (Lipinski definition) is 3. The van der Waals surface area contributed by atoms with Gasteiger partial charge in [0, 0.05) is 37.3 Å². The standard InChI is InChI=1S/C19H26F3N3O2/c1-4-18(2,3)23-16(26)13-24-9-11-25(12-10-24)17(27)14-5-7-15(8-6-14)19(20,21)22/h5-8H,4,9-13H2,1-3H3,(H,23,26). The maximum atomic E-state index is 12.6. The maximum Gasteiger partial charge on any atom is 0.416 e. The van der Waals surface area contributed by atoms with Crippen LogP contribution in [0.1, 0.15) is 43.1 Å². The van der Waals surface area contributed by atoms with Crippen LogP contribution in [-0.2, 0) is 11.0 Å². The lowest BCUT2D eigenvalue weighted by Crippen LogP contribution is -2.53. The summed E-state index contributed by atoms with van der Waals surface area (Å²) in [6, 6.07) is 4.25. The number of carbonyl (C=O) groups excluding carboxylic acids is 2. The lowest BCUT2D eigenvalue weighted by Gasteiger charge is -2.35. The molecule has 1 aromatic carbocycles. The van der Waals surface area contributed by atoms with Crippen molar-refractivity contribution in [2.75, 3.05) is 32.7 Å². The summed E-state index contributed by atoms with van der Waals surface area (Å²) in [7, 11) is 0. The van der Waals surface area contributed by atoms with Crippen molar-refractivity contribution in [1.29, 1.82) is 0 Å². The smallest absolute Gasteiger partial charge is 0.350 e. The summed E-state index contributed by atoms with van der Waals surface area (Å²) in [6.45, 7) is 8.17. The second-order valence-corrected chi connectivity index (χ2v) is 7.43. The molecule has 1 heterocycles. The third kappa shape index (κ3) is 5.95. The van der Waals surface area contributed by atoms with E-state index in [1.165, 1.54) is 12.1 Å². The topological polar surface area (TPSA) is 52.7 Å². The second-order valence-electron chi connectivity index (χ2n) is 7.43. The third-order valence-corrected chi connectivity index (χ3v) is 4.85. The van der Waals surface area contributed by atoms with Gasteiger partial charge in [0.15, 0.2) is 0 Å². The Kier molecular flexibility index (Phi) is 6.51. The van der Waals surface area contributed by atoms with Crippen molar-refractivity contribution in [3.63, 3.8) is 0 Å². The van der Waals surface area contributed by atoms with Gasteiger partial charge in [-0.05, 0) is 44.5 Å². The van der Waals surface area contributed by atoms with Crippen molar-refractivity contribution < 1.29 is 22.8 Å². The van der Waals surface area contributed by atoms with Crippen LogP contribution in [0.25, 0.3) is 0 Å². The van der Waals surface area contributed by atoms with Gasteiger partial charge < -0.3 is 10.2 Å². The second kappa shape index (κ2) is 8.29. The molecule has 1 aromatic rings. The molecule has 2 rings (SSSR count). The van der Waals surface area contributed by atoms with Crippen LogP contribution in [-0.4, -0.2) is 59.9 Å². The number of piperazine rings is 1. The summed E-state index contributed by atoms with van der Waals surface area (Å²) in [5, 5.41) is 2.98. The largest absolute Gasteiger partial charge is 0.416 e. The molecule has 150 valence electrons. The van der Waals surface area contributed by atoms with Gasteiger partial charge in [-0.3, -0.25) is 14.5 Å². The van der Waals surface area contributed by atoms with Crippen LogP contribution in [0.15, 0.2) is 24.3 Å². The molecule has 5 nitrogen and oxygen atoms in total. The van der Waals surface area contributed by atoms with Crippen LogP contribution < -0.4 is 5.32 Å². The summed E-state index contributed by atoms with van der Waals surface area (Å²) >= 11 is 0. The Morgan fingerprint density at radius 1 is 1.04 bits per heavy atom. The first-order valence-corrected chi connectivity index (χ1v) is 9.02. The Balaban J connectivity index is 1.86. The van der Waals surface area contributed by atoms with Crippen molar-refractivity contribution in [3.05, 3.63) is 35.4 Å². The fourth-order valence-electron chi connectivity index (χ4n) is 2.80. The number of halogens is 3. The first-order chi connectivity index (χ1) is 12.5. The average Bonchev–Trinajstić information content (AvgIpc) is 2.60. The zero-order chi connectivity index (χ0) is 20.2. The monoisotopic (exact) mass is 385 g/mol. The van der Waals surface area contributed by atoms with E-state index in [0.29, 0.717) is 26.2 Å². The summed E-state index contributed by atoms with van der Waals surface area (Å²) in [6.07, 6.45) is -3.59. The molecular weight excluding hydrogens is 359 g/mol. The number of carbonyl (C=O) groups is 2. The maximum absolute atomic E-state index is 12.6. The van der Waals surface area contributed by atoms with Crippen LogP contribution >= 0.6 is 0 Å². The Morgan fingerprint density at radius 3 is 2.07 bits per heavy atom. The lowest BCUT2D eigenvalue weighted by atomic mass is 10.0. The Hall–Kier alpha value is -2.09. The van der Waals surface area contributed by atoms with E-state index < -0.39 is 11.7 Å². The summed E-state index contributed by atoms with van der Waals surface area (Å²) < 4.78 is 37.8. The number of alkyl halides is 3. The van der Waals surface area contributed by atoms with E-state index in [-0.39, 0.29) is 29.5 Å². The average molecular weight is 385 g/mol. The number of hydrogen-bond donors (Lipinski definition) is 1. The van der Waals surface area contributed by atoms with Gasteiger partial charge in [0.25, 0.3) is 5.91 Å². The number of amides is 2.